The summed E-state index contributed by atoms with van der Waals surface area (Å²) in [6.07, 6.45) is 5.70. The first-order valence-corrected chi connectivity index (χ1v) is 5.76. The number of hydrogen-bond acceptors (Lipinski definition) is 4. The minimum atomic E-state index is 0.426. The van der Waals surface area contributed by atoms with E-state index >= 15 is 0 Å². The number of nitrogens with two attached hydrogens (primary N) is 1. The summed E-state index contributed by atoms with van der Waals surface area (Å²) in [5.74, 6) is 0.810. The summed E-state index contributed by atoms with van der Waals surface area (Å²) in [7, 11) is 0. The maximum atomic E-state index is 5.55. The fourth-order valence-electron chi connectivity index (χ4n) is 1.78. The Kier molecular flexibility index (Phi) is 2.70. The van der Waals surface area contributed by atoms with Crippen molar-refractivity contribution in [3.8, 4) is 0 Å². The molecule has 6 nitrogen and oxygen atoms in total. The number of nitrogens with zero attached hydrogens (tertiary/aromatic N) is 3. The molecule has 0 aliphatic rings. The molecule has 0 unspecified atom stereocenters. The van der Waals surface area contributed by atoms with Crippen LogP contribution in [0.3, 0.4) is 0 Å². The van der Waals surface area contributed by atoms with Gasteiger partial charge in [-0.25, -0.2) is 9.50 Å². The molecule has 0 amide bonds. The lowest BCUT2D eigenvalue weighted by molar-refractivity contribution is 0.919. The fourth-order valence-corrected chi connectivity index (χ4v) is 1.78. The van der Waals surface area contributed by atoms with Gasteiger partial charge in [-0.05, 0) is 23.8 Å². The van der Waals surface area contributed by atoms with E-state index in [1.807, 2.05) is 36.8 Å². The van der Waals surface area contributed by atoms with Gasteiger partial charge in [0.15, 0.2) is 5.65 Å². The van der Waals surface area contributed by atoms with Gasteiger partial charge in [0.05, 0.1) is 11.9 Å². The maximum Gasteiger partial charge on any atom is 0.153 e. The van der Waals surface area contributed by atoms with Gasteiger partial charge in [0.2, 0.25) is 0 Å². The lowest BCUT2D eigenvalue weighted by Gasteiger charge is -2.03. The zero-order chi connectivity index (χ0) is 12.4. The standard InChI is InChI=1S/C12H14N6/c13-5-10-8-18-12(16-10)2-1-11(17-18)15-7-9-3-4-14-6-9/h1-4,6,8,14H,5,7,13H2,(H,15,17). The van der Waals surface area contributed by atoms with Crippen LogP contribution in [0.25, 0.3) is 5.65 Å². The second-order valence-corrected chi connectivity index (χ2v) is 4.03. The molecule has 0 fully saturated rings. The Balaban J connectivity index is 1.80. The van der Waals surface area contributed by atoms with E-state index in [2.05, 4.69) is 20.4 Å². The largest absolute Gasteiger partial charge is 0.367 e. The third kappa shape index (κ3) is 2.05. The first kappa shape index (κ1) is 10.8. The summed E-state index contributed by atoms with van der Waals surface area (Å²) in [5, 5.41) is 7.68. The van der Waals surface area contributed by atoms with Crippen molar-refractivity contribution >= 4 is 11.5 Å². The molecule has 0 atom stereocenters. The topological polar surface area (TPSA) is 84.0 Å². The summed E-state index contributed by atoms with van der Waals surface area (Å²) in [6.45, 7) is 1.16. The van der Waals surface area contributed by atoms with Crippen LogP contribution in [0.1, 0.15) is 11.3 Å². The molecule has 3 aromatic heterocycles. The zero-order valence-corrected chi connectivity index (χ0v) is 9.80. The van der Waals surface area contributed by atoms with E-state index in [-0.39, 0.29) is 0 Å². The molecule has 18 heavy (non-hydrogen) atoms. The van der Waals surface area contributed by atoms with Gasteiger partial charge < -0.3 is 16.0 Å². The predicted octanol–water partition coefficient (Wildman–Crippen LogP) is 1.13. The number of aromatic amines is 1. The quantitative estimate of drug-likeness (QED) is 0.640. The first-order chi connectivity index (χ1) is 8.85. The van der Waals surface area contributed by atoms with Crippen molar-refractivity contribution in [3.05, 3.63) is 48.0 Å². The van der Waals surface area contributed by atoms with Crippen molar-refractivity contribution in [2.24, 2.45) is 5.73 Å². The van der Waals surface area contributed by atoms with Crippen molar-refractivity contribution in [1.29, 1.82) is 0 Å². The van der Waals surface area contributed by atoms with Crippen molar-refractivity contribution in [3.63, 3.8) is 0 Å². The minimum absolute atomic E-state index is 0.426. The molecule has 0 aromatic carbocycles. The Labute approximate surface area is 104 Å². The molecule has 0 saturated heterocycles. The maximum absolute atomic E-state index is 5.55. The highest BCUT2D eigenvalue weighted by molar-refractivity contribution is 5.45. The lowest BCUT2D eigenvalue weighted by atomic mass is 10.3. The highest BCUT2D eigenvalue weighted by Gasteiger charge is 2.02. The van der Waals surface area contributed by atoms with Gasteiger partial charge in [-0.2, -0.15) is 0 Å². The third-order valence-electron chi connectivity index (χ3n) is 2.72. The molecule has 0 saturated carbocycles. The number of H-pyrrole nitrogens is 1. The van der Waals surface area contributed by atoms with Gasteiger partial charge in [-0.1, -0.05) is 0 Å². The molecule has 92 valence electrons. The number of aromatic nitrogens is 4. The zero-order valence-electron chi connectivity index (χ0n) is 9.80. The summed E-state index contributed by atoms with van der Waals surface area (Å²) in [6, 6.07) is 5.86. The molecule has 0 radical (unpaired) electrons. The van der Waals surface area contributed by atoms with E-state index in [1.54, 1.807) is 4.52 Å². The predicted molar refractivity (Wildman–Crippen MR) is 69.0 cm³/mol. The van der Waals surface area contributed by atoms with Gasteiger partial charge in [0.1, 0.15) is 5.82 Å². The van der Waals surface area contributed by atoms with Crippen LogP contribution in [0.2, 0.25) is 0 Å². The number of hydrogen-bond donors (Lipinski definition) is 3. The summed E-state index contributed by atoms with van der Waals surface area (Å²) in [5.41, 5.74) is 8.38. The number of rotatable bonds is 4. The van der Waals surface area contributed by atoms with Crippen molar-refractivity contribution < 1.29 is 0 Å². The van der Waals surface area contributed by atoms with E-state index in [0.29, 0.717) is 6.54 Å². The number of nitrogens with one attached hydrogen (secondary N) is 2. The van der Waals surface area contributed by atoms with E-state index in [9.17, 15) is 0 Å². The number of fused-ring (bicyclic) bond motifs is 1. The molecule has 0 aliphatic carbocycles. The molecule has 0 spiro atoms. The van der Waals surface area contributed by atoms with E-state index in [0.717, 1.165) is 23.7 Å². The van der Waals surface area contributed by atoms with E-state index < -0.39 is 0 Å². The Morgan fingerprint density at radius 1 is 1.33 bits per heavy atom. The van der Waals surface area contributed by atoms with Crippen LogP contribution in [0.5, 0.6) is 0 Å². The molecular weight excluding hydrogens is 228 g/mol. The molecule has 0 aliphatic heterocycles. The van der Waals surface area contributed by atoms with Gasteiger partial charge in [0, 0.05) is 25.5 Å². The monoisotopic (exact) mass is 242 g/mol. The van der Waals surface area contributed by atoms with Crippen LogP contribution in [-0.2, 0) is 13.1 Å². The van der Waals surface area contributed by atoms with Gasteiger partial charge in [-0.3, -0.25) is 0 Å². The highest BCUT2D eigenvalue weighted by atomic mass is 15.3. The Morgan fingerprint density at radius 2 is 2.28 bits per heavy atom. The Bertz CT molecular complexity index is 640. The van der Waals surface area contributed by atoms with E-state index in [4.69, 9.17) is 5.73 Å². The van der Waals surface area contributed by atoms with Crippen molar-refractivity contribution in [2.75, 3.05) is 5.32 Å². The molecule has 0 bridgehead atoms. The molecule has 4 N–H and O–H groups in total. The molecule has 3 aromatic rings. The van der Waals surface area contributed by atoms with Crippen LogP contribution in [0.4, 0.5) is 5.82 Å². The van der Waals surface area contributed by atoms with Crippen LogP contribution < -0.4 is 11.1 Å². The van der Waals surface area contributed by atoms with Crippen molar-refractivity contribution in [1.82, 2.24) is 19.6 Å². The van der Waals surface area contributed by atoms with E-state index in [1.165, 1.54) is 5.56 Å². The van der Waals surface area contributed by atoms with Crippen LogP contribution in [0.15, 0.2) is 36.8 Å². The SMILES string of the molecule is NCc1cn2nc(NCc3cc[nH]c3)ccc2n1. The third-order valence-corrected chi connectivity index (χ3v) is 2.72. The average molecular weight is 242 g/mol. The average Bonchev–Trinajstić information content (AvgIpc) is 3.04. The number of anilines is 1. The second kappa shape index (κ2) is 4.50. The Morgan fingerprint density at radius 3 is 3.06 bits per heavy atom. The number of imidazole rings is 1. The normalized spacial score (nSPS) is 10.9. The first-order valence-electron chi connectivity index (χ1n) is 5.76. The van der Waals surface area contributed by atoms with Gasteiger partial charge in [-0.15, -0.1) is 5.10 Å². The van der Waals surface area contributed by atoms with Crippen molar-refractivity contribution in [2.45, 2.75) is 13.1 Å². The van der Waals surface area contributed by atoms with Crippen LogP contribution in [-0.4, -0.2) is 19.6 Å². The summed E-state index contributed by atoms with van der Waals surface area (Å²) in [4.78, 5) is 7.34. The van der Waals surface area contributed by atoms with Gasteiger partial charge in [0.25, 0.3) is 0 Å². The summed E-state index contributed by atoms with van der Waals surface area (Å²) >= 11 is 0. The molecular formula is C12H14N6. The highest BCUT2D eigenvalue weighted by Crippen LogP contribution is 2.09. The van der Waals surface area contributed by atoms with Crippen LogP contribution in [0, 0.1) is 0 Å². The summed E-state index contributed by atoms with van der Waals surface area (Å²) < 4.78 is 1.74. The van der Waals surface area contributed by atoms with Crippen LogP contribution >= 0.6 is 0 Å². The molecule has 3 heterocycles. The lowest BCUT2D eigenvalue weighted by Crippen LogP contribution is -2.02. The molecule has 6 heteroatoms. The Hall–Kier alpha value is -2.34. The fraction of sp³-hybridized carbons (Fsp3) is 0.167. The molecule has 3 rings (SSSR count). The smallest absolute Gasteiger partial charge is 0.153 e. The van der Waals surface area contributed by atoms with Gasteiger partial charge >= 0.3 is 0 Å². The second-order valence-electron chi connectivity index (χ2n) is 4.03. The minimum Gasteiger partial charge on any atom is -0.367 e.